The van der Waals surface area contributed by atoms with Gasteiger partial charge in [0.15, 0.2) is 0 Å². The van der Waals surface area contributed by atoms with Crippen LogP contribution in [-0.4, -0.2) is 24.3 Å². The third-order valence-corrected chi connectivity index (χ3v) is 3.65. The van der Waals surface area contributed by atoms with Gasteiger partial charge in [0.1, 0.15) is 17.6 Å². The molecule has 0 aliphatic rings. The van der Waals surface area contributed by atoms with Gasteiger partial charge in [-0.2, -0.15) is 0 Å². The number of aliphatic hydroxyl groups is 1. The molecule has 0 bridgehead atoms. The zero-order chi connectivity index (χ0) is 14.8. The number of ether oxygens (including phenoxy) is 2. The summed E-state index contributed by atoms with van der Waals surface area (Å²) in [7, 11) is 3.19. The molecule has 3 aromatic rings. The number of nitrogens with one attached hydrogen (secondary N) is 1. The Bertz CT molecular complexity index is 764. The van der Waals surface area contributed by atoms with Crippen LogP contribution in [0.1, 0.15) is 17.2 Å². The lowest BCUT2D eigenvalue weighted by Crippen LogP contribution is -2.03. The fraction of sp³-hybridized carbons (Fsp3) is 0.176. The fourth-order valence-electron chi connectivity index (χ4n) is 2.57. The normalized spacial score (nSPS) is 12.3. The molecule has 108 valence electrons. The summed E-state index contributed by atoms with van der Waals surface area (Å²) in [6.07, 6.45) is 1.08. The molecule has 0 spiro atoms. The van der Waals surface area contributed by atoms with Gasteiger partial charge in [-0.05, 0) is 35.9 Å². The topological polar surface area (TPSA) is 54.5 Å². The van der Waals surface area contributed by atoms with Gasteiger partial charge in [0.05, 0.1) is 14.2 Å². The zero-order valence-electron chi connectivity index (χ0n) is 12.0. The van der Waals surface area contributed by atoms with Crippen molar-refractivity contribution in [1.29, 1.82) is 0 Å². The van der Waals surface area contributed by atoms with Crippen LogP contribution in [0, 0.1) is 0 Å². The summed E-state index contributed by atoms with van der Waals surface area (Å²) in [6, 6.07) is 13.2. The van der Waals surface area contributed by atoms with E-state index in [4.69, 9.17) is 9.47 Å². The first kappa shape index (κ1) is 13.5. The van der Waals surface area contributed by atoms with Gasteiger partial charge in [0, 0.05) is 22.7 Å². The first-order valence-corrected chi connectivity index (χ1v) is 6.70. The summed E-state index contributed by atoms with van der Waals surface area (Å²) in [6.45, 7) is 0. The first-order chi connectivity index (χ1) is 10.2. The molecule has 0 saturated heterocycles. The highest BCUT2D eigenvalue weighted by Crippen LogP contribution is 2.35. The molecule has 0 aliphatic heterocycles. The van der Waals surface area contributed by atoms with Crippen LogP contribution in [0.25, 0.3) is 10.9 Å². The Morgan fingerprint density at radius 1 is 1.00 bits per heavy atom. The first-order valence-electron chi connectivity index (χ1n) is 6.70. The highest BCUT2D eigenvalue weighted by atomic mass is 16.5. The summed E-state index contributed by atoms with van der Waals surface area (Å²) in [5.41, 5.74) is 2.51. The highest BCUT2D eigenvalue weighted by Gasteiger charge is 2.18. The van der Waals surface area contributed by atoms with Crippen LogP contribution in [0.2, 0.25) is 0 Å². The Kier molecular flexibility index (Phi) is 3.54. The molecule has 1 heterocycles. The quantitative estimate of drug-likeness (QED) is 0.772. The zero-order valence-corrected chi connectivity index (χ0v) is 12.0. The number of aliphatic hydroxyl groups excluding tert-OH is 1. The molecule has 4 nitrogen and oxygen atoms in total. The summed E-state index contributed by atoms with van der Waals surface area (Å²) in [4.78, 5) is 3.15. The molecule has 2 N–H and O–H groups in total. The van der Waals surface area contributed by atoms with E-state index >= 15 is 0 Å². The number of hydrogen-bond acceptors (Lipinski definition) is 3. The summed E-state index contributed by atoms with van der Waals surface area (Å²) in [5, 5.41) is 11.8. The second-order valence-corrected chi connectivity index (χ2v) is 4.80. The molecule has 21 heavy (non-hydrogen) atoms. The Morgan fingerprint density at radius 3 is 2.62 bits per heavy atom. The van der Waals surface area contributed by atoms with E-state index in [9.17, 15) is 5.11 Å². The number of fused-ring (bicyclic) bond motifs is 1. The number of benzene rings is 2. The van der Waals surface area contributed by atoms with Crippen molar-refractivity contribution in [3.63, 3.8) is 0 Å². The molecular formula is C17H17NO3. The minimum atomic E-state index is -0.783. The molecule has 0 aliphatic carbocycles. The van der Waals surface area contributed by atoms with Gasteiger partial charge in [0.25, 0.3) is 0 Å². The molecule has 0 fully saturated rings. The Labute approximate surface area is 122 Å². The third kappa shape index (κ3) is 2.34. The summed E-state index contributed by atoms with van der Waals surface area (Å²) < 4.78 is 10.6. The number of H-pyrrole nitrogens is 1. The van der Waals surface area contributed by atoms with E-state index in [0.29, 0.717) is 17.1 Å². The number of aromatic nitrogens is 1. The van der Waals surface area contributed by atoms with Crippen molar-refractivity contribution in [3.05, 3.63) is 59.8 Å². The van der Waals surface area contributed by atoms with Crippen LogP contribution in [0.15, 0.2) is 48.7 Å². The van der Waals surface area contributed by atoms with Crippen molar-refractivity contribution in [2.45, 2.75) is 6.10 Å². The maximum absolute atomic E-state index is 10.8. The van der Waals surface area contributed by atoms with Crippen molar-refractivity contribution >= 4 is 10.9 Å². The summed E-state index contributed by atoms with van der Waals surface area (Å²) in [5.74, 6) is 1.32. The maximum Gasteiger partial charge on any atom is 0.125 e. The Morgan fingerprint density at radius 2 is 1.86 bits per heavy atom. The Balaban J connectivity index is 2.13. The lowest BCUT2D eigenvalue weighted by Gasteiger charge is -2.17. The number of rotatable bonds is 4. The molecule has 1 atom stereocenters. The molecule has 1 unspecified atom stereocenters. The number of hydrogen-bond donors (Lipinski definition) is 2. The molecule has 0 saturated carbocycles. The van der Waals surface area contributed by atoms with Crippen LogP contribution in [-0.2, 0) is 0 Å². The highest BCUT2D eigenvalue weighted by molar-refractivity contribution is 5.83. The summed E-state index contributed by atoms with van der Waals surface area (Å²) >= 11 is 0. The molecule has 3 rings (SSSR count). The average molecular weight is 283 g/mol. The van der Waals surface area contributed by atoms with Crippen LogP contribution in [0.3, 0.4) is 0 Å². The minimum Gasteiger partial charge on any atom is -0.497 e. The maximum atomic E-state index is 10.8. The van der Waals surface area contributed by atoms with E-state index < -0.39 is 6.10 Å². The van der Waals surface area contributed by atoms with Crippen LogP contribution >= 0.6 is 0 Å². The van der Waals surface area contributed by atoms with Gasteiger partial charge in [-0.15, -0.1) is 0 Å². The van der Waals surface area contributed by atoms with E-state index in [1.807, 2.05) is 36.5 Å². The molecule has 2 aromatic carbocycles. The number of methoxy groups -OCH3 is 2. The average Bonchev–Trinajstić information content (AvgIpc) is 3.02. The van der Waals surface area contributed by atoms with Gasteiger partial charge < -0.3 is 19.6 Å². The molecular weight excluding hydrogens is 266 g/mol. The van der Waals surface area contributed by atoms with Crippen molar-refractivity contribution < 1.29 is 14.6 Å². The standard InChI is InChI=1S/C17H17NO3/c1-20-11-6-7-16(21-2)14(10-11)17(19)13-4-3-5-15-12(13)8-9-18-15/h3-10,17-19H,1-2H3. The van der Waals surface area contributed by atoms with E-state index in [2.05, 4.69) is 4.98 Å². The van der Waals surface area contributed by atoms with Crippen molar-refractivity contribution in [2.24, 2.45) is 0 Å². The van der Waals surface area contributed by atoms with Gasteiger partial charge in [0.2, 0.25) is 0 Å². The lowest BCUT2D eigenvalue weighted by atomic mass is 9.97. The van der Waals surface area contributed by atoms with Gasteiger partial charge in [-0.1, -0.05) is 12.1 Å². The van der Waals surface area contributed by atoms with Gasteiger partial charge in [-0.3, -0.25) is 0 Å². The minimum absolute atomic E-state index is 0.635. The predicted octanol–water partition coefficient (Wildman–Crippen LogP) is 3.27. The van der Waals surface area contributed by atoms with Crippen LogP contribution in [0.4, 0.5) is 0 Å². The van der Waals surface area contributed by atoms with Crippen molar-refractivity contribution in [1.82, 2.24) is 4.98 Å². The Hall–Kier alpha value is -2.46. The van der Waals surface area contributed by atoms with Gasteiger partial charge in [-0.25, -0.2) is 0 Å². The predicted molar refractivity (Wildman–Crippen MR) is 81.9 cm³/mol. The fourth-order valence-corrected chi connectivity index (χ4v) is 2.57. The number of aromatic amines is 1. The van der Waals surface area contributed by atoms with Gasteiger partial charge >= 0.3 is 0 Å². The van der Waals surface area contributed by atoms with Crippen molar-refractivity contribution in [2.75, 3.05) is 14.2 Å². The lowest BCUT2D eigenvalue weighted by molar-refractivity contribution is 0.215. The second kappa shape index (κ2) is 5.50. The van der Waals surface area contributed by atoms with E-state index in [0.717, 1.165) is 16.5 Å². The van der Waals surface area contributed by atoms with Crippen molar-refractivity contribution in [3.8, 4) is 11.5 Å². The molecule has 0 amide bonds. The molecule has 1 aromatic heterocycles. The molecule has 4 heteroatoms. The monoisotopic (exact) mass is 283 g/mol. The van der Waals surface area contributed by atoms with E-state index in [1.165, 1.54) is 0 Å². The second-order valence-electron chi connectivity index (χ2n) is 4.80. The van der Waals surface area contributed by atoms with Crippen LogP contribution in [0.5, 0.6) is 11.5 Å². The SMILES string of the molecule is COc1ccc(OC)c(C(O)c2cccc3[nH]ccc23)c1. The van der Waals surface area contributed by atoms with E-state index in [-0.39, 0.29) is 0 Å². The third-order valence-electron chi connectivity index (χ3n) is 3.65. The van der Waals surface area contributed by atoms with E-state index in [1.54, 1.807) is 26.4 Å². The largest absolute Gasteiger partial charge is 0.497 e. The van der Waals surface area contributed by atoms with Crippen LogP contribution < -0.4 is 9.47 Å². The smallest absolute Gasteiger partial charge is 0.125 e. The molecule has 0 radical (unpaired) electrons.